The molecule has 186 valence electrons. The highest BCUT2D eigenvalue weighted by Crippen LogP contribution is 2.38. The molecule has 0 aliphatic heterocycles. The zero-order valence-corrected chi connectivity index (χ0v) is 22.0. The Balaban J connectivity index is 1.79. The number of rotatable bonds is 8. The number of nitrogens with one attached hydrogen (secondary N) is 1. The van der Waals surface area contributed by atoms with Crippen molar-refractivity contribution in [3.05, 3.63) is 76.0 Å². The minimum atomic E-state index is -3.72. The second-order valence-electron chi connectivity index (χ2n) is 7.64. The first kappa shape index (κ1) is 27.1. The van der Waals surface area contributed by atoms with Crippen LogP contribution in [0.25, 0.3) is 11.1 Å². The summed E-state index contributed by atoms with van der Waals surface area (Å²) in [6.45, 7) is 2.98. The number of benzene rings is 3. The van der Waals surface area contributed by atoms with Crippen molar-refractivity contribution < 1.29 is 26.0 Å². The number of hydrogen-bond acceptors (Lipinski definition) is 5. The molecule has 6 nitrogen and oxygen atoms in total. The van der Waals surface area contributed by atoms with Crippen LogP contribution < -0.4 is 5.32 Å². The minimum absolute atomic E-state index is 0.0119. The van der Waals surface area contributed by atoms with Crippen molar-refractivity contribution in [2.75, 3.05) is 16.8 Å². The maximum atomic E-state index is 14.5. The average Bonchev–Trinajstić information content (AvgIpc) is 2.78. The summed E-state index contributed by atoms with van der Waals surface area (Å²) in [6.07, 6.45) is -0.0119. The summed E-state index contributed by atoms with van der Waals surface area (Å²) in [4.78, 5) is 12.3. The van der Waals surface area contributed by atoms with Crippen LogP contribution in [-0.4, -0.2) is 34.2 Å². The van der Waals surface area contributed by atoms with Crippen molar-refractivity contribution in [1.29, 1.82) is 0 Å². The Morgan fingerprint density at radius 2 is 1.43 bits per heavy atom. The van der Waals surface area contributed by atoms with E-state index in [0.29, 0.717) is 16.8 Å². The van der Waals surface area contributed by atoms with Gasteiger partial charge < -0.3 is 5.32 Å². The molecule has 0 atom stereocenters. The molecule has 0 aliphatic rings. The number of hydrogen-bond donors (Lipinski definition) is 1. The second-order valence-corrected chi connectivity index (χ2v) is 13.0. The molecule has 11 heteroatoms. The smallest absolute Gasteiger partial charge is 0.228 e. The van der Waals surface area contributed by atoms with E-state index in [1.54, 1.807) is 19.1 Å². The van der Waals surface area contributed by atoms with E-state index in [1.165, 1.54) is 43.3 Å². The van der Waals surface area contributed by atoms with Crippen molar-refractivity contribution in [1.82, 2.24) is 0 Å². The van der Waals surface area contributed by atoms with Gasteiger partial charge in [0.15, 0.2) is 19.7 Å². The molecule has 35 heavy (non-hydrogen) atoms. The predicted octanol–water partition coefficient (Wildman–Crippen LogP) is 5.57. The molecule has 0 aromatic heterocycles. The third kappa shape index (κ3) is 6.22. The Kier molecular flexibility index (Phi) is 8.26. The van der Waals surface area contributed by atoms with E-state index >= 15 is 0 Å². The highest BCUT2D eigenvalue weighted by atomic mass is 35.5. The van der Waals surface area contributed by atoms with Gasteiger partial charge in [-0.3, -0.25) is 4.79 Å². The van der Waals surface area contributed by atoms with Crippen LogP contribution in [0.4, 0.5) is 10.1 Å². The van der Waals surface area contributed by atoms with Gasteiger partial charge in [0.25, 0.3) is 0 Å². The zero-order valence-electron chi connectivity index (χ0n) is 18.8. The quantitative estimate of drug-likeness (QED) is 0.390. The van der Waals surface area contributed by atoms with E-state index < -0.39 is 30.4 Å². The van der Waals surface area contributed by atoms with Gasteiger partial charge in [0.2, 0.25) is 5.91 Å². The fourth-order valence-corrected chi connectivity index (χ4v) is 5.89. The monoisotopic (exact) mass is 557 g/mol. The number of halogens is 3. The molecule has 0 heterocycles. The standard InChI is InChI=1S/C24H22Cl2FNO5S2/c1-3-34(30,31)18-8-5-15(6-9-18)11-23(29)28-17-13-19(25)24(20(26)14-17)16-7-10-22(21(27)12-16)35(32,33)4-2/h5-10,12-14H,3-4,11H2,1-2H3,(H,28,29). The van der Waals surface area contributed by atoms with Crippen LogP contribution in [0.15, 0.2) is 64.4 Å². The number of amides is 1. The normalized spacial score (nSPS) is 11.9. The maximum Gasteiger partial charge on any atom is 0.228 e. The third-order valence-corrected chi connectivity index (χ3v) is 9.40. The van der Waals surface area contributed by atoms with E-state index in [-0.39, 0.29) is 44.3 Å². The number of carbonyl (C=O) groups excluding carboxylic acids is 1. The molecule has 0 radical (unpaired) electrons. The number of sulfone groups is 2. The molecule has 0 spiro atoms. The molecule has 3 aromatic carbocycles. The van der Waals surface area contributed by atoms with E-state index in [1.807, 2.05) is 0 Å². The SMILES string of the molecule is CCS(=O)(=O)c1ccc(CC(=O)Nc2cc(Cl)c(-c3ccc(S(=O)(=O)CC)c(F)c3)c(Cl)c2)cc1. The zero-order chi connectivity index (χ0) is 26.0. The van der Waals surface area contributed by atoms with Crippen LogP contribution in [0.3, 0.4) is 0 Å². The number of anilines is 1. The summed E-state index contributed by atoms with van der Waals surface area (Å²) in [6, 6.07) is 12.6. The summed E-state index contributed by atoms with van der Waals surface area (Å²) in [5.74, 6) is -1.54. The molecule has 0 saturated heterocycles. The van der Waals surface area contributed by atoms with E-state index in [4.69, 9.17) is 23.2 Å². The van der Waals surface area contributed by atoms with Gasteiger partial charge in [0, 0.05) is 11.3 Å². The topological polar surface area (TPSA) is 97.4 Å². The Hall–Kier alpha value is -2.46. The van der Waals surface area contributed by atoms with Crippen LogP contribution in [0.1, 0.15) is 19.4 Å². The van der Waals surface area contributed by atoms with Crippen molar-refractivity contribution >= 4 is 54.5 Å². The fourth-order valence-electron chi connectivity index (χ4n) is 3.36. The highest BCUT2D eigenvalue weighted by molar-refractivity contribution is 7.91. The van der Waals surface area contributed by atoms with Crippen LogP contribution in [0, 0.1) is 5.82 Å². The van der Waals surface area contributed by atoms with Gasteiger partial charge in [-0.15, -0.1) is 0 Å². The molecule has 3 rings (SSSR count). The molecule has 0 saturated carbocycles. The molecular formula is C24H22Cl2FNO5S2. The molecule has 3 aromatic rings. The summed E-state index contributed by atoms with van der Waals surface area (Å²) in [5.41, 5.74) is 1.50. The lowest BCUT2D eigenvalue weighted by atomic mass is 10.0. The summed E-state index contributed by atoms with van der Waals surface area (Å²) in [5, 5.41) is 2.94. The lowest BCUT2D eigenvalue weighted by Gasteiger charge is -2.13. The first-order valence-corrected chi connectivity index (χ1v) is 14.6. The van der Waals surface area contributed by atoms with Crippen LogP contribution in [0.5, 0.6) is 0 Å². The minimum Gasteiger partial charge on any atom is -0.326 e. The Morgan fingerprint density at radius 3 is 1.94 bits per heavy atom. The third-order valence-electron chi connectivity index (χ3n) is 5.29. The van der Waals surface area contributed by atoms with Crippen LogP contribution >= 0.6 is 23.2 Å². The first-order valence-electron chi connectivity index (χ1n) is 10.5. The van der Waals surface area contributed by atoms with Gasteiger partial charge in [-0.25, -0.2) is 21.2 Å². The van der Waals surface area contributed by atoms with Crippen molar-refractivity contribution in [3.8, 4) is 11.1 Å². The average molecular weight is 558 g/mol. The molecule has 0 aliphatic carbocycles. The van der Waals surface area contributed by atoms with Gasteiger partial charge in [0.05, 0.1) is 32.9 Å². The molecular weight excluding hydrogens is 536 g/mol. The summed E-state index contributed by atoms with van der Waals surface area (Å²) < 4.78 is 62.3. The maximum absolute atomic E-state index is 14.5. The molecule has 0 bridgehead atoms. The van der Waals surface area contributed by atoms with Gasteiger partial charge >= 0.3 is 0 Å². The van der Waals surface area contributed by atoms with Crippen molar-refractivity contribution in [2.24, 2.45) is 0 Å². The van der Waals surface area contributed by atoms with Crippen molar-refractivity contribution in [2.45, 2.75) is 30.1 Å². The van der Waals surface area contributed by atoms with E-state index in [9.17, 15) is 26.0 Å². The van der Waals surface area contributed by atoms with Crippen molar-refractivity contribution in [3.63, 3.8) is 0 Å². The summed E-state index contributed by atoms with van der Waals surface area (Å²) in [7, 11) is -7.05. The predicted molar refractivity (Wildman–Crippen MR) is 136 cm³/mol. The lowest BCUT2D eigenvalue weighted by Crippen LogP contribution is -2.14. The first-order chi connectivity index (χ1) is 16.4. The number of carbonyl (C=O) groups is 1. The van der Waals surface area contributed by atoms with Gasteiger partial charge in [-0.2, -0.15) is 0 Å². The molecule has 0 unspecified atom stereocenters. The highest BCUT2D eigenvalue weighted by Gasteiger charge is 2.20. The van der Waals surface area contributed by atoms with Crippen LogP contribution in [0.2, 0.25) is 10.0 Å². The Bertz CT molecular complexity index is 1470. The molecule has 0 fully saturated rings. The van der Waals surface area contributed by atoms with Gasteiger partial charge in [-0.05, 0) is 47.5 Å². The van der Waals surface area contributed by atoms with E-state index in [2.05, 4.69) is 5.32 Å². The molecule has 1 N–H and O–H groups in total. The second kappa shape index (κ2) is 10.7. The Labute approximate surface area is 213 Å². The molecule has 1 amide bonds. The van der Waals surface area contributed by atoms with E-state index in [0.717, 1.165) is 6.07 Å². The van der Waals surface area contributed by atoms with Gasteiger partial charge in [-0.1, -0.05) is 55.2 Å². The fraction of sp³-hybridized carbons (Fsp3) is 0.208. The summed E-state index contributed by atoms with van der Waals surface area (Å²) >= 11 is 12.7. The lowest BCUT2D eigenvalue weighted by molar-refractivity contribution is -0.115. The Morgan fingerprint density at radius 1 is 0.857 bits per heavy atom. The van der Waals surface area contributed by atoms with Crippen LogP contribution in [-0.2, 0) is 30.9 Å². The van der Waals surface area contributed by atoms with Gasteiger partial charge in [0.1, 0.15) is 10.7 Å². The largest absolute Gasteiger partial charge is 0.326 e.